The topological polar surface area (TPSA) is 77.1 Å². The Morgan fingerprint density at radius 3 is 2.33 bits per heavy atom. The molecule has 0 radical (unpaired) electrons. The number of hydrogen-bond donors (Lipinski definition) is 1. The first-order valence-corrected chi connectivity index (χ1v) is 12.1. The number of amides is 1. The van der Waals surface area contributed by atoms with Gasteiger partial charge in [0.2, 0.25) is 0 Å². The van der Waals surface area contributed by atoms with Crippen molar-refractivity contribution in [2.24, 2.45) is 5.92 Å². The highest BCUT2D eigenvalue weighted by Crippen LogP contribution is 2.34. The van der Waals surface area contributed by atoms with Crippen molar-refractivity contribution in [3.8, 4) is 11.5 Å². The Morgan fingerprint density at radius 1 is 0.944 bits per heavy atom. The minimum atomic E-state index is -0.434. The fourth-order valence-electron chi connectivity index (χ4n) is 4.71. The van der Waals surface area contributed by atoms with Crippen LogP contribution in [0.25, 0.3) is 0 Å². The van der Waals surface area contributed by atoms with Crippen molar-refractivity contribution >= 4 is 12.1 Å². The smallest absolute Gasteiger partial charge is 0.415 e. The van der Waals surface area contributed by atoms with E-state index in [0.717, 1.165) is 17.9 Å². The Balaban J connectivity index is 1.44. The summed E-state index contributed by atoms with van der Waals surface area (Å²) in [4.78, 5) is 26.4. The number of methoxy groups -OCH3 is 2. The average Bonchev–Trinajstić information content (AvgIpc) is 3.36. The third-order valence-electron chi connectivity index (χ3n) is 6.70. The van der Waals surface area contributed by atoms with Crippen LogP contribution in [0.3, 0.4) is 0 Å². The van der Waals surface area contributed by atoms with Gasteiger partial charge in [-0.2, -0.15) is 0 Å². The van der Waals surface area contributed by atoms with Crippen LogP contribution in [0.5, 0.6) is 11.5 Å². The number of nitrogens with one attached hydrogen (secondary N) is 1. The Labute approximate surface area is 212 Å². The first kappa shape index (κ1) is 25.3. The number of benzene rings is 3. The van der Waals surface area contributed by atoms with Gasteiger partial charge in [-0.3, -0.25) is 0 Å². The number of carbonyl (C=O) groups excluding carboxylic acids is 2. The third kappa shape index (κ3) is 5.86. The van der Waals surface area contributed by atoms with Gasteiger partial charge in [0, 0.05) is 37.2 Å². The lowest BCUT2D eigenvalue weighted by atomic mass is 9.88. The molecular weight excluding hydrogens is 456 g/mol. The first-order valence-electron chi connectivity index (χ1n) is 12.1. The zero-order valence-corrected chi connectivity index (χ0v) is 20.8. The molecule has 188 valence electrons. The molecule has 0 aliphatic carbocycles. The molecule has 1 fully saturated rings. The van der Waals surface area contributed by atoms with Gasteiger partial charge in [0.15, 0.2) is 0 Å². The van der Waals surface area contributed by atoms with E-state index in [1.165, 1.54) is 12.7 Å². The lowest BCUT2D eigenvalue weighted by Crippen LogP contribution is -2.33. The molecule has 0 saturated carbocycles. The number of esters is 1. The number of rotatable bonds is 8. The average molecular weight is 489 g/mol. The van der Waals surface area contributed by atoms with Crippen molar-refractivity contribution in [2.75, 3.05) is 33.9 Å². The Bertz CT molecular complexity index is 1170. The quantitative estimate of drug-likeness (QED) is 0.448. The van der Waals surface area contributed by atoms with Crippen LogP contribution in [-0.2, 0) is 4.74 Å². The molecule has 2 unspecified atom stereocenters. The molecule has 0 aromatic heterocycles. The van der Waals surface area contributed by atoms with Crippen molar-refractivity contribution < 1.29 is 23.8 Å². The molecule has 1 aliphatic heterocycles. The third-order valence-corrected chi connectivity index (χ3v) is 6.70. The molecule has 4 rings (SSSR count). The SMILES string of the molecule is COC(=O)c1ccc(OC(=O)N2CC(CN[C@H](C)c3ccccc3OC)C(c3ccccc3)C2)cc1. The standard InChI is InChI=1S/C29H32N2O5/c1-20(25-11-7-8-12-27(25)34-2)30-17-23-18-31(19-26(23)21-9-5-4-6-10-21)29(33)36-24-15-13-22(14-16-24)28(32)35-3/h4-16,20,23,26,30H,17-19H2,1-3H3/t20-,23?,26?/m1/s1. The van der Waals surface area contributed by atoms with Crippen LogP contribution in [0.15, 0.2) is 78.9 Å². The van der Waals surface area contributed by atoms with E-state index >= 15 is 0 Å². The second-order valence-corrected chi connectivity index (χ2v) is 8.94. The molecule has 3 atom stereocenters. The Kier molecular flexibility index (Phi) is 8.23. The molecule has 1 heterocycles. The summed E-state index contributed by atoms with van der Waals surface area (Å²) in [7, 11) is 3.01. The molecule has 0 bridgehead atoms. The van der Waals surface area contributed by atoms with Gasteiger partial charge in [0.1, 0.15) is 11.5 Å². The lowest BCUT2D eigenvalue weighted by Gasteiger charge is -2.23. The first-order chi connectivity index (χ1) is 17.5. The number of hydrogen-bond acceptors (Lipinski definition) is 6. The van der Waals surface area contributed by atoms with Gasteiger partial charge in [-0.05, 0) is 48.7 Å². The van der Waals surface area contributed by atoms with E-state index in [9.17, 15) is 9.59 Å². The zero-order chi connectivity index (χ0) is 25.5. The second-order valence-electron chi connectivity index (χ2n) is 8.94. The summed E-state index contributed by atoms with van der Waals surface area (Å²) in [6.45, 7) is 3.99. The number of para-hydroxylation sites is 1. The number of carbonyl (C=O) groups is 2. The van der Waals surface area contributed by atoms with E-state index in [2.05, 4.69) is 30.4 Å². The van der Waals surface area contributed by atoms with Crippen molar-refractivity contribution in [3.05, 3.63) is 95.6 Å². The maximum Gasteiger partial charge on any atom is 0.415 e. The van der Waals surface area contributed by atoms with Crippen molar-refractivity contribution in [1.29, 1.82) is 0 Å². The molecule has 1 saturated heterocycles. The minimum absolute atomic E-state index is 0.0897. The van der Waals surface area contributed by atoms with E-state index in [1.807, 2.05) is 36.4 Å². The van der Waals surface area contributed by atoms with Crippen LogP contribution >= 0.6 is 0 Å². The van der Waals surface area contributed by atoms with Gasteiger partial charge in [-0.1, -0.05) is 48.5 Å². The highest BCUT2D eigenvalue weighted by atomic mass is 16.6. The molecule has 3 aromatic carbocycles. The number of ether oxygens (including phenoxy) is 3. The van der Waals surface area contributed by atoms with Crippen LogP contribution in [0.4, 0.5) is 4.79 Å². The number of nitrogens with zero attached hydrogens (tertiary/aromatic N) is 1. The predicted octanol–water partition coefficient (Wildman–Crippen LogP) is 5.05. The number of likely N-dealkylation sites (tertiary alicyclic amines) is 1. The highest BCUT2D eigenvalue weighted by molar-refractivity contribution is 5.89. The van der Waals surface area contributed by atoms with E-state index in [-0.39, 0.29) is 17.9 Å². The van der Waals surface area contributed by atoms with Gasteiger partial charge < -0.3 is 24.4 Å². The predicted molar refractivity (Wildman–Crippen MR) is 137 cm³/mol. The molecular formula is C29H32N2O5. The summed E-state index contributed by atoms with van der Waals surface area (Å²) in [5.41, 5.74) is 2.70. The van der Waals surface area contributed by atoms with E-state index in [0.29, 0.717) is 24.4 Å². The van der Waals surface area contributed by atoms with Crippen LogP contribution in [0.2, 0.25) is 0 Å². The van der Waals surface area contributed by atoms with Crippen molar-refractivity contribution in [1.82, 2.24) is 10.2 Å². The fraction of sp³-hybridized carbons (Fsp3) is 0.310. The van der Waals surface area contributed by atoms with Gasteiger partial charge >= 0.3 is 12.1 Å². The van der Waals surface area contributed by atoms with Gasteiger partial charge in [-0.15, -0.1) is 0 Å². The fourth-order valence-corrected chi connectivity index (χ4v) is 4.71. The van der Waals surface area contributed by atoms with Crippen molar-refractivity contribution in [2.45, 2.75) is 18.9 Å². The molecule has 0 spiro atoms. The lowest BCUT2D eigenvalue weighted by molar-refractivity contribution is 0.0600. The highest BCUT2D eigenvalue weighted by Gasteiger charge is 2.37. The summed E-state index contributed by atoms with van der Waals surface area (Å²) >= 11 is 0. The molecule has 1 N–H and O–H groups in total. The Hall–Kier alpha value is -3.84. The van der Waals surface area contributed by atoms with Crippen LogP contribution < -0.4 is 14.8 Å². The van der Waals surface area contributed by atoms with Gasteiger partial charge in [-0.25, -0.2) is 9.59 Å². The minimum Gasteiger partial charge on any atom is -0.496 e. The molecule has 7 heteroatoms. The maximum absolute atomic E-state index is 13.0. The van der Waals surface area contributed by atoms with Gasteiger partial charge in [0.05, 0.1) is 19.8 Å². The van der Waals surface area contributed by atoms with E-state index < -0.39 is 12.1 Å². The second kappa shape index (κ2) is 11.7. The van der Waals surface area contributed by atoms with Crippen LogP contribution in [0, 0.1) is 5.92 Å². The largest absolute Gasteiger partial charge is 0.496 e. The van der Waals surface area contributed by atoms with E-state index in [1.54, 1.807) is 36.3 Å². The van der Waals surface area contributed by atoms with Crippen LogP contribution in [0.1, 0.15) is 40.4 Å². The summed E-state index contributed by atoms with van der Waals surface area (Å²) in [5.74, 6) is 1.19. The van der Waals surface area contributed by atoms with Crippen LogP contribution in [-0.4, -0.2) is 50.8 Å². The molecule has 1 amide bonds. The summed E-state index contributed by atoms with van der Waals surface area (Å²) in [5, 5.41) is 3.64. The zero-order valence-electron chi connectivity index (χ0n) is 20.8. The summed E-state index contributed by atoms with van der Waals surface area (Å²) in [6.07, 6.45) is -0.401. The normalized spacial score (nSPS) is 17.9. The van der Waals surface area contributed by atoms with Gasteiger partial charge in [0.25, 0.3) is 0 Å². The van der Waals surface area contributed by atoms with E-state index in [4.69, 9.17) is 14.2 Å². The molecule has 1 aliphatic rings. The summed E-state index contributed by atoms with van der Waals surface area (Å²) < 4.78 is 15.9. The molecule has 3 aromatic rings. The monoisotopic (exact) mass is 488 g/mol. The Morgan fingerprint density at radius 2 is 1.64 bits per heavy atom. The maximum atomic E-state index is 13.0. The molecule has 7 nitrogen and oxygen atoms in total. The summed E-state index contributed by atoms with van der Waals surface area (Å²) in [6, 6.07) is 24.7. The molecule has 36 heavy (non-hydrogen) atoms. The van der Waals surface area contributed by atoms with Crippen molar-refractivity contribution in [3.63, 3.8) is 0 Å².